The molecule has 1 aliphatic rings. The van der Waals surface area contributed by atoms with Crippen molar-refractivity contribution >= 4 is 17.1 Å². The third-order valence-electron chi connectivity index (χ3n) is 3.01. The molecule has 0 radical (unpaired) electrons. The first-order chi connectivity index (χ1) is 9.10. The number of nitrogens with two attached hydrogens (primary N) is 1. The van der Waals surface area contributed by atoms with Crippen molar-refractivity contribution in [3.8, 4) is 0 Å². The first-order valence-corrected chi connectivity index (χ1v) is 5.65. The van der Waals surface area contributed by atoms with Gasteiger partial charge in [-0.05, 0) is 0 Å². The van der Waals surface area contributed by atoms with Gasteiger partial charge in [0.15, 0.2) is 17.4 Å². The lowest BCUT2D eigenvalue weighted by molar-refractivity contribution is -0.0476. The van der Waals surface area contributed by atoms with E-state index in [-0.39, 0.29) is 30.1 Å². The maximum Gasteiger partial charge on any atom is 0.282 e. The Balaban J connectivity index is 2.05. The van der Waals surface area contributed by atoms with Crippen LogP contribution in [0.5, 0.6) is 0 Å². The molecule has 0 bridgehead atoms. The summed E-state index contributed by atoms with van der Waals surface area (Å²) in [4.78, 5) is 17.9. The normalized spacial score (nSPS) is 27.2. The zero-order chi connectivity index (χ0) is 13.6. The molecule has 0 aromatic carbocycles. The van der Waals surface area contributed by atoms with Gasteiger partial charge in [0.2, 0.25) is 5.95 Å². The van der Waals surface area contributed by atoms with Gasteiger partial charge in [-0.25, -0.2) is 0 Å². The van der Waals surface area contributed by atoms with Crippen molar-refractivity contribution in [2.75, 3.05) is 12.3 Å². The Kier molecular flexibility index (Phi) is 2.69. The van der Waals surface area contributed by atoms with E-state index in [2.05, 4.69) is 20.3 Å². The molecule has 3 rings (SSSR count). The van der Waals surface area contributed by atoms with Crippen LogP contribution < -0.4 is 11.3 Å². The molecular weight excluding hydrogens is 256 g/mol. The van der Waals surface area contributed by atoms with Crippen LogP contribution >= 0.6 is 0 Å². The van der Waals surface area contributed by atoms with E-state index < -0.39 is 24.0 Å². The van der Waals surface area contributed by atoms with Crippen LogP contribution in [0.1, 0.15) is 12.6 Å². The van der Waals surface area contributed by atoms with E-state index in [1.54, 1.807) is 0 Å². The second kappa shape index (κ2) is 4.26. The molecule has 1 fully saturated rings. The zero-order valence-corrected chi connectivity index (χ0v) is 9.72. The van der Waals surface area contributed by atoms with E-state index in [4.69, 9.17) is 15.6 Å². The molecule has 19 heavy (non-hydrogen) atoms. The van der Waals surface area contributed by atoms with Crippen molar-refractivity contribution in [1.82, 2.24) is 25.0 Å². The highest BCUT2D eigenvalue weighted by Gasteiger charge is 2.36. The molecule has 0 amide bonds. The number of hydrogen-bond donors (Lipinski definition) is 4. The molecular formula is C9H12N6O4. The summed E-state index contributed by atoms with van der Waals surface area (Å²) in [5.41, 5.74) is 5.19. The summed E-state index contributed by atoms with van der Waals surface area (Å²) in [5, 5.41) is 26.2. The van der Waals surface area contributed by atoms with E-state index in [1.165, 1.54) is 4.68 Å². The number of aromatic amines is 1. The van der Waals surface area contributed by atoms with Crippen molar-refractivity contribution in [2.24, 2.45) is 0 Å². The monoisotopic (exact) mass is 268 g/mol. The van der Waals surface area contributed by atoms with Gasteiger partial charge in [-0.3, -0.25) is 9.78 Å². The van der Waals surface area contributed by atoms with Crippen molar-refractivity contribution in [3.05, 3.63) is 10.4 Å². The van der Waals surface area contributed by atoms with Gasteiger partial charge in [0.05, 0.1) is 12.7 Å². The van der Waals surface area contributed by atoms with Crippen LogP contribution in [0.3, 0.4) is 0 Å². The summed E-state index contributed by atoms with van der Waals surface area (Å²) >= 11 is 0. The van der Waals surface area contributed by atoms with Gasteiger partial charge in [-0.1, -0.05) is 5.21 Å². The van der Waals surface area contributed by atoms with Crippen LogP contribution in [0, 0.1) is 0 Å². The average molecular weight is 268 g/mol. The Hall–Kier alpha value is -2.04. The van der Waals surface area contributed by atoms with E-state index >= 15 is 0 Å². The number of aliphatic hydroxyl groups is 2. The molecule has 2 aromatic heterocycles. The first-order valence-electron chi connectivity index (χ1n) is 5.65. The molecule has 10 heteroatoms. The number of fused-ring (bicyclic) bond motifs is 1. The molecule has 2 aromatic rings. The number of nitrogen functional groups attached to an aromatic ring is 1. The quantitative estimate of drug-likeness (QED) is 0.476. The number of rotatable bonds is 2. The molecule has 0 saturated carbocycles. The number of hydrogen-bond acceptors (Lipinski definition) is 8. The van der Waals surface area contributed by atoms with Crippen LogP contribution in [0.4, 0.5) is 5.95 Å². The van der Waals surface area contributed by atoms with E-state index in [9.17, 15) is 9.90 Å². The van der Waals surface area contributed by atoms with Crippen LogP contribution in [0.15, 0.2) is 4.79 Å². The van der Waals surface area contributed by atoms with Crippen LogP contribution in [0.25, 0.3) is 11.2 Å². The fourth-order valence-corrected chi connectivity index (χ4v) is 2.08. The van der Waals surface area contributed by atoms with Crippen molar-refractivity contribution in [3.63, 3.8) is 0 Å². The summed E-state index contributed by atoms with van der Waals surface area (Å²) < 4.78 is 6.70. The zero-order valence-electron chi connectivity index (χ0n) is 9.72. The van der Waals surface area contributed by atoms with E-state index in [0.29, 0.717) is 0 Å². The number of aromatic nitrogens is 5. The second-order valence-corrected chi connectivity index (χ2v) is 4.27. The highest BCUT2D eigenvalue weighted by molar-refractivity contribution is 5.69. The lowest BCUT2D eigenvalue weighted by Gasteiger charge is -2.11. The largest absolute Gasteiger partial charge is 0.394 e. The number of aliphatic hydroxyl groups excluding tert-OH is 2. The van der Waals surface area contributed by atoms with Crippen LogP contribution in [-0.4, -0.2) is 54.0 Å². The number of anilines is 1. The molecule has 0 unspecified atom stereocenters. The van der Waals surface area contributed by atoms with Gasteiger partial charge in [0.1, 0.15) is 6.10 Å². The van der Waals surface area contributed by atoms with Crippen LogP contribution in [-0.2, 0) is 4.74 Å². The smallest absolute Gasteiger partial charge is 0.282 e. The van der Waals surface area contributed by atoms with E-state index in [0.717, 1.165) is 0 Å². The topological polar surface area (TPSA) is 152 Å². The highest BCUT2D eigenvalue weighted by atomic mass is 16.5. The predicted molar refractivity (Wildman–Crippen MR) is 62.0 cm³/mol. The summed E-state index contributed by atoms with van der Waals surface area (Å²) in [7, 11) is 0. The summed E-state index contributed by atoms with van der Waals surface area (Å²) in [6.07, 6.45) is -1.93. The molecule has 10 nitrogen and oxygen atoms in total. The Morgan fingerprint density at radius 1 is 1.58 bits per heavy atom. The highest BCUT2D eigenvalue weighted by Crippen LogP contribution is 2.29. The summed E-state index contributed by atoms with van der Waals surface area (Å²) in [5.74, 6) is -0.0571. The number of H-pyrrole nitrogens is 1. The van der Waals surface area contributed by atoms with E-state index in [1.807, 2.05) is 0 Å². The summed E-state index contributed by atoms with van der Waals surface area (Å²) in [6.45, 7) is -0.305. The van der Waals surface area contributed by atoms with Gasteiger partial charge < -0.3 is 20.7 Å². The Morgan fingerprint density at radius 2 is 2.37 bits per heavy atom. The SMILES string of the molecule is Nc1nc2c(nnn2[C@H]2C[C@H](O)[C@@H](CO)O2)c(=O)[nH]1. The fourth-order valence-electron chi connectivity index (χ4n) is 2.08. The molecule has 102 valence electrons. The molecule has 0 spiro atoms. The van der Waals surface area contributed by atoms with Gasteiger partial charge >= 0.3 is 0 Å². The van der Waals surface area contributed by atoms with Gasteiger partial charge in [-0.15, -0.1) is 5.10 Å². The lowest BCUT2D eigenvalue weighted by atomic mass is 10.2. The van der Waals surface area contributed by atoms with Crippen molar-refractivity contribution < 1.29 is 14.9 Å². The maximum atomic E-state index is 11.6. The van der Waals surface area contributed by atoms with Crippen LogP contribution in [0.2, 0.25) is 0 Å². The summed E-state index contributed by atoms with van der Waals surface area (Å²) in [6, 6.07) is 0. The molecule has 1 saturated heterocycles. The number of nitrogens with one attached hydrogen (secondary N) is 1. The molecule has 3 heterocycles. The van der Waals surface area contributed by atoms with Gasteiger partial charge in [0, 0.05) is 6.42 Å². The number of nitrogens with zero attached hydrogens (tertiary/aromatic N) is 4. The maximum absolute atomic E-state index is 11.6. The average Bonchev–Trinajstić information content (AvgIpc) is 2.92. The Labute approximate surface area is 105 Å². The van der Waals surface area contributed by atoms with Crippen molar-refractivity contribution in [1.29, 1.82) is 0 Å². The third-order valence-corrected chi connectivity index (χ3v) is 3.01. The minimum absolute atomic E-state index is 0.0414. The molecule has 1 aliphatic heterocycles. The Morgan fingerprint density at radius 3 is 3.05 bits per heavy atom. The fraction of sp³-hybridized carbons (Fsp3) is 0.556. The van der Waals surface area contributed by atoms with Gasteiger partial charge in [-0.2, -0.15) is 9.67 Å². The molecule has 0 aliphatic carbocycles. The molecule has 3 atom stereocenters. The standard InChI is InChI=1S/C9H12N6O4/c10-9-11-7-6(8(18)12-9)13-14-15(7)5-1-3(17)4(2-16)19-5/h3-5,16-17H,1-2H2,(H3,10,11,12,18)/t3-,4+,5+/m0/s1. The van der Waals surface area contributed by atoms with Crippen molar-refractivity contribution in [2.45, 2.75) is 24.9 Å². The predicted octanol–water partition coefficient (Wildman–Crippen LogP) is -2.26. The minimum atomic E-state index is -0.811. The van der Waals surface area contributed by atoms with Gasteiger partial charge in [0.25, 0.3) is 5.56 Å². The third kappa shape index (κ3) is 1.85. The Bertz CT molecular complexity index is 666. The minimum Gasteiger partial charge on any atom is -0.394 e. The first kappa shape index (κ1) is 12.0. The lowest BCUT2D eigenvalue weighted by Crippen LogP contribution is -2.24. The number of ether oxygens (including phenoxy) is 1. The molecule has 5 N–H and O–H groups in total. The second-order valence-electron chi connectivity index (χ2n) is 4.27.